The van der Waals surface area contributed by atoms with E-state index in [1.54, 1.807) is 7.11 Å². The number of aryl methyl sites for hydroxylation is 1. The number of hydrogen-bond acceptors (Lipinski definition) is 5. The van der Waals surface area contributed by atoms with E-state index in [4.69, 9.17) is 14.2 Å². The number of likely N-dealkylation sites (N-methyl/N-ethyl adjacent to an activating group) is 1. The Kier molecular flexibility index (Phi) is 5.09. The standard InChI is InChI=1S/C29H35NO4/c1-4-30-17-16-28-25-21-12-13-22(32-3)26(25)34-27(28,2)24(31)14-15-29(28,23(30)19-21)33-18-8-11-20-9-6-5-7-10-20/h5-7,9-10,12-13,23H,4,8,11,14-19H2,1-3H3/t23-,27+,28+,29-/m1/s1. The van der Waals surface area contributed by atoms with Crippen molar-refractivity contribution in [2.45, 2.75) is 75.0 Å². The average Bonchev–Trinajstić information content (AvgIpc) is 3.14. The van der Waals surface area contributed by atoms with Gasteiger partial charge in [0.2, 0.25) is 0 Å². The predicted molar refractivity (Wildman–Crippen MR) is 131 cm³/mol. The molecule has 6 rings (SSSR count). The van der Waals surface area contributed by atoms with Crippen LogP contribution >= 0.6 is 0 Å². The van der Waals surface area contributed by atoms with Crippen molar-refractivity contribution in [3.8, 4) is 11.5 Å². The number of ether oxygens (including phenoxy) is 3. The second kappa shape index (κ2) is 7.82. The van der Waals surface area contributed by atoms with Crippen LogP contribution in [0.15, 0.2) is 42.5 Å². The highest BCUT2D eigenvalue weighted by Crippen LogP contribution is 2.69. The Balaban J connectivity index is 1.45. The molecule has 2 aliphatic heterocycles. The van der Waals surface area contributed by atoms with Gasteiger partial charge in [0, 0.05) is 24.6 Å². The summed E-state index contributed by atoms with van der Waals surface area (Å²) >= 11 is 0. The minimum atomic E-state index is -0.922. The predicted octanol–water partition coefficient (Wildman–Crippen LogP) is 4.49. The molecular weight excluding hydrogens is 426 g/mol. The zero-order chi connectivity index (χ0) is 23.6. The van der Waals surface area contributed by atoms with Gasteiger partial charge in [-0.3, -0.25) is 9.69 Å². The maximum Gasteiger partial charge on any atom is 0.177 e. The van der Waals surface area contributed by atoms with Crippen LogP contribution in [0.25, 0.3) is 0 Å². The molecule has 34 heavy (non-hydrogen) atoms. The highest BCUT2D eigenvalue weighted by atomic mass is 16.5. The van der Waals surface area contributed by atoms with Crippen LogP contribution in [0.5, 0.6) is 11.5 Å². The molecule has 2 bridgehead atoms. The molecule has 4 atom stereocenters. The molecule has 1 spiro atoms. The van der Waals surface area contributed by atoms with Crippen molar-refractivity contribution in [3.05, 3.63) is 59.2 Å². The molecule has 0 amide bonds. The molecule has 1 saturated heterocycles. The first-order chi connectivity index (χ1) is 16.5. The second-order valence-corrected chi connectivity index (χ2v) is 10.5. The number of ketones is 1. The number of likely N-dealkylation sites (tertiary alicyclic amines) is 1. The SMILES string of the molecule is CCN1CC[C@]23c4c5ccc(OC)c4O[C@@]2(C)C(=O)CC[C@@]3(OCCCc2ccccc2)[C@H]1C5. The van der Waals surface area contributed by atoms with Crippen LogP contribution in [0.4, 0.5) is 0 Å². The van der Waals surface area contributed by atoms with Crippen molar-refractivity contribution in [1.29, 1.82) is 0 Å². The monoisotopic (exact) mass is 461 g/mol. The first kappa shape index (κ1) is 22.1. The fourth-order valence-corrected chi connectivity index (χ4v) is 7.83. The Labute approximate surface area is 202 Å². The third kappa shape index (κ3) is 2.66. The van der Waals surface area contributed by atoms with Gasteiger partial charge in [-0.2, -0.15) is 0 Å². The van der Waals surface area contributed by atoms with Crippen molar-refractivity contribution < 1.29 is 19.0 Å². The van der Waals surface area contributed by atoms with Gasteiger partial charge in [0.15, 0.2) is 22.9 Å². The van der Waals surface area contributed by atoms with Crippen molar-refractivity contribution in [2.75, 3.05) is 26.8 Å². The molecule has 1 saturated carbocycles. The van der Waals surface area contributed by atoms with E-state index in [9.17, 15) is 4.79 Å². The number of methoxy groups -OCH3 is 1. The lowest BCUT2D eigenvalue weighted by Gasteiger charge is -2.66. The van der Waals surface area contributed by atoms with E-state index in [-0.39, 0.29) is 11.8 Å². The number of rotatable bonds is 7. The Morgan fingerprint density at radius 1 is 1.15 bits per heavy atom. The Morgan fingerprint density at radius 2 is 1.97 bits per heavy atom. The van der Waals surface area contributed by atoms with Crippen LogP contribution < -0.4 is 9.47 Å². The molecule has 2 aliphatic carbocycles. The van der Waals surface area contributed by atoms with E-state index < -0.39 is 16.6 Å². The number of nitrogens with zero attached hydrogens (tertiary/aromatic N) is 1. The smallest absolute Gasteiger partial charge is 0.177 e. The summed E-state index contributed by atoms with van der Waals surface area (Å²) in [5, 5.41) is 0. The number of benzene rings is 2. The van der Waals surface area contributed by atoms with E-state index in [0.29, 0.717) is 13.0 Å². The van der Waals surface area contributed by atoms with Gasteiger partial charge in [0.25, 0.3) is 0 Å². The summed E-state index contributed by atoms with van der Waals surface area (Å²) in [5.41, 5.74) is 1.99. The Morgan fingerprint density at radius 3 is 2.74 bits per heavy atom. The van der Waals surface area contributed by atoms with Crippen LogP contribution in [-0.2, 0) is 27.8 Å². The van der Waals surface area contributed by atoms with Gasteiger partial charge in [-0.25, -0.2) is 0 Å². The summed E-state index contributed by atoms with van der Waals surface area (Å²) < 4.78 is 19.5. The van der Waals surface area contributed by atoms with Crippen LogP contribution in [0.3, 0.4) is 0 Å². The third-order valence-electron chi connectivity index (χ3n) is 9.34. The Hall–Kier alpha value is -2.37. The lowest BCUT2D eigenvalue weighted by atomic mass is 9.45. The Bertz CT molecular complexity index is 1120. The minimum Gasteiger partial charge on any atom is -0.493 e. The van der Waals surface area contributed by atoms with Gasteiger partial charge in [0.05, 0.1) is 18.1 Å². The van der Waals surface area contributed by atoms with Crippen molar-refractivity contribution in [1.82, 2.24) is 4.90 Å². The van der Waals surface area contributed by atoms with Crippen molar-refractivity contribution in [2.24, 2.45) is 0 Å². The van der Waals surface area contributed by atoms with Gasteiger partial charge < -0.3 is 14.2 Å². The third-order valence-corrected chi connectivity index (χ3v) is 9.34. The quantitative estimate of drug-likeness (QED) is 0.569. The second-order valence-electron chi connectivity index (χ2n) is 10.5. The summed E-state index contributed by atoms with van der Waals surface area (Å²) in [4.78, 5) is 16.2. The molecule has 2 aromatic rings. The molecule has 0 aromatic heterocycles. The topological polar surface area (TPSA) is 48.0 Å². The van der Waals surface area contributed by atoms with Crippen LogP contribution in [0.1, 0.15) is 56.2 Å². The molecule has 2 aromatic carbocycles. The van der Waals surface area contributed by atoms with Crippen LogP contribution in [0, 0.1) is 0 Å². The maximum atomic E-state index is 13.6. The van der Waals surface area contributed by atoms with E-state index in [0.717, 1.165) is 56.7 Å². The number of piperidine rings is 1. The largest absolute Gasteiger partial charge is 0.493 e. The van der Waals surface area contributed by atoms with Crippen molar-refractivity contribution >= 4 is 5.78 Å². The molecule has 0 unspecified atom stereocenters. The molecule has 5 heteroatoms. The molecular formula is C29H35NO4. The maximum absolute atomic E-state index is 13.6. The zero-order valence-electron chi connectivity index (χ0n) is 20.6. The molecule has 180 valence electrons. The summed E-state index contributed by atoms with van der Waals surface area (Å²) in [6.07, 6.45) is 5.00. The lowest BCUT2D eigenvalue weighted by Crippen LogP contribution is -2.80. The first-order valence-corrected chi connectivity index (χ1v) is 12.9. The summed E-state index contributed by atoms with van der Waals surface area (Å²) in [6, 6.07) is 15.1. The van der Waals surface area contributed by atoms with E-state index in [2.05, 4.69) is 48.2 Å². The average molecular weight is 462 g/mol. The van der Waals surface area contributed by atoms with Crippen molar-refractivity contribution in [3.63, 3.8) is 0 Å². The fraction of sp³-hybridized carbons (Fsp3) is 0.552. The molecule has 4 aliphatic rings. The van der Waals surface area contributed by atoms with E-state index in [1.807, 2.05) is 13.0 Å². The highest BCUT2D eigenvalue weighted by molar-refractivity contribution is 5.94. The lowest BCUT2D eigenvalue weighted by molar-refractivity contribution is -0.230. The summed E-state index contributed by atoms with van der Waals surface area (Å²) in [5.74, 6) is 1.70. The van der Waals surface area contributed by atoms with Gasteiger partial charge >= 0.3 is 0 Å². The van der Waals surface area contributed by atoms with Gasteiger partial charge in [0.1, 0.15) is 0 Å². The molecule has 2 heterocycles. The number of carbonyl (C=O) groups excluding carboxylic acids is 1. The van der Waals surface area contributed by atoms with E-state index >= 15 is 0 Å². The summed E-state index contributed by atoms with van der Waals surface area (Å²) in [7, 11) is 1.68. The molecule has 5 nitrogen and oxygen atoms in total. The molecule has 0 radical (unpaired) electrons. The van der Waals surface area contributed by atoms with Gasteiger partial charge in [-0.1, -0.05) is 43.3 Å². The zero-order valence-corrected chi connectivity index (χ0v) is 20.6. The first-order valence-electron chi connectivity index (χ1n) is 12.9. The fourth-order valence-electron chi connectivity index (χ4n) is 7.83. The van der Waals surface area contributed by atoms with Crippen LogP contribution in [0.2, 0.25) is 0 Å². The molecule has 0 N–H and O–H groups in total. The van der Waals surface area contributed by atoms with Crippen LogP contribution in [-0.4, -0.2) is 54.7 Å². The minimum absolute atomic E-state index is 0.200. The number of hydrogen-bond donors (Lipinski definition) is 0. The highest BCUT2D eigenvalue weighted by Gasteiger charge is 2.78. The normalized spacial score (nSPS) is 33.4. The molecule has 2 fully saturated rings. The van der Waals surface area contributed by atoms with E-state index in [1.165, 1.54) is 16.7 Å². The van der Waals surface area contributed by atoms with Gasteiger partial charge in [-0.05, 0) is 69.3 Å². The number of carbonyl (C=O) groups is 1. The summed E-state index contributed by atoms with van der Waals surface area (Å²) in [6.45, 7) is 6.90. The number of Topliss-reactive ketones (excluding diaryl/α,β-unsaturated/α-hetero) is 1. The van der Waals surface area contributed by atoms with Gasteiger partial charge in [-0.15, -0.1) is 0 Å².